The van der Waals surface area contributed by atoms with Crippen LogP contribution in [0.15, 0.2) is 48.5 Å². The van der Waals surface area contributed by atoms with Crippen LogP contribution in [0.1, 0.15) is 22.8 Å². The maximum atomic E-state index is 10.2. The highest BCUT2D eigenvalue weighted by molar-refractivity contribution is 14.1. The summed E-state index contributed by atoms with van der Waals surface area (Å²) >= 11 is 2.26. The van der Waals surface area contributed by atoms with Gasteiger partial charge in [-0.15, -0.1) is 0 Å². The summed E-state index contributed by atoms with van der Waals surface area (Å²) in [6.07, 6.45) is -0.531. The van der Waals surface area contributed by atoms with Gasteiger partial charge >= 0.3 is 0 Å². The summed E-state index contributed by atoms with van der Waals surface area (Å²) in [4.78, 5) is 0. The van der Waals surface area contributed by atoms with Gasteiger partial charge in [-0.2, -0.15) is 0 Å². The highest BCUT2D eigenvalue weighted by atomic mass is 127. The van der Waals surface area contributed by atoms with Crippen LogP contribution in [0.25, 0.3) is 0 Å². The van der Waals surface area contributed by atoms with Crippen LogP contribution in [0.3, 0.4) is 0 Å². The second-order valence-corrected chi connectivity index (χ2v) is 5.11. The fraction of sp³-hybridized carbons (Fsp3) is 0.143. The zero-order valence-corrected chi connectivity index (χ0v) is 11.2. The highest BCUT2D eigenvalue weighted by Gasteiger charge is 2.09. The van der Waals surface area contributed by atoms with Crippen molar-refractivity contribution in [3.63, 3.8) is 0 Å². The lowest BCUT2D eigenvalue weighted by molar-refractivity contribution is 0.220. The minimum Gasteiger partial charge on any atom is -0.384 e. The van der Waals surface area contributed by atoms with Crippen molar-refractivity contribution >= 4 is 22.6 Å². The van der Waals surface area contributed by atoms with Crippen LogP contribution in [0.2, 0.25) is 0 Å². The summed E-state index contributed by atoms with van der Waals surface area (Å²) in [5, 5.41) is 10.2. The Labute approximate surface area is 109 Å². The lowest BCUT2D eigenvalue weighted by Crippen LogP contribution is -1.99. The van der Waals surface area contributed by atoms with Gasteiger partial charge in [0.1, 0.15) is 6.10 Å². The van der Waals surface area contributed by atoms with Crippen molar-refractivity contribution in [2.45, 2.75) is 13.0 Å². The minimum atomic E-state index is -0.531. The average molecular weight is 324 g/mol. The van der Waals surface area contributed by atoms with Gasteiger partial charge in [-0.1, -0.05) is 42.0 Å². The van der Waals surface area contributed by atoms with Gasteiger partial charge in [-0.25, -0.2) is 0 Å². The zero-order valence-electron chi connectivity index (χ0n) is 9.02. The second kappa shape index (κ2) is 4.97. The van der Waals surface area contributed by atoms with E-state index in [1.165, 1.54) is 9.13 Å². The van der Waals surface area contributed by atoms with E-state index < -0.39 is 6.10 Å². The highest BCUT2D eigenvalue weighted by Crippen LogP contribution is 2.23. The molecule has 2 heteroatoms. The summed E-state index contributed by atoms with van der Waals surface area (Å²) in [7, 11) is 0. The third-order valence-electron chi connectivity index (χ3n) is 2.54. The molecule has 0 radical (unpaired) electrons. The second-order valence-electron chi connectivity index (χ2n) is 3.87. The van der Waals surface area contributed by atoms with Gasteiger partial charge in [0.15, 0.2) is 0 Å². The first-order valence-electron chi connectivity index (χ1n) is 5.17. The van der Waals surface area contributed by atoms with Crippen LogP contribution >= 0.6 is 22.6 Å². The molecule has 0 aliphatic heterocycles. The monoisotopic (exact) mass is 324 g/mol. The molecule has 1 unspecified atom stereocenters. The summed E-state index contributed by atoms with van der Waals surface area (Å²) in [6.45, 7) is 2.03. The Bertz CT molecular complexity index is 476. The number of hydrogen-bond acceptors (Lipinski definition) is 1. The number of aryl methyl sites for hydroxylation is 1. The molecule has 16 heavy (non-hydrogen) atoms. The van der Waals surface area contributed by atoms with E-state index in [9.17, 15) is 5.11 Å². The molecule has 1 N–H and O–H groups in total. The van der Waals surface area contributed by atoms with E-state index >= 15 is 0 Å². The number of halogens is 1. The normalized spacial score (nSPS) is 12.4. The van der Waals surface area contributed by atoms with Crippen LogP contribution in [0.5, 0.6) is 0 Å². The van der Waals surface area contributed by atoms with Crippen molar-refractivity contribution in [3.8, 4) is 0 Å². The van der Waals surface area contributed by atoms with E-state index in [0.29, 0.717) is 0 Å². The molecule has 0 bridgehead atoms. The van der Waals surface area contributed by atoms with Crippen molar-refractivity contribution in [3.05, 3.63) is 68.8 Å². The molecule has 2 aromatic carbocycles. The molecule has 0 aliphatic rings. The third-order valence-corrected chi connectivity index (χ3v) is 3.26. The summed E-state index contributed by atoms with van der Waals surface area (Å²) in [5.41, 5.74) is 3.05. The maximum absolute atomic E-state index is 10.2. The SMILES string of the molecule is Cc1cccc(C(O)c2ccc(I)cc2)c1. The van der Waals surface area contributed by atoms with Crippen molar-refractivity contribution in [2.75, 3.05) is 0 Å². The first kappa shape index (κ1) is 11.6. The van der Waals surface area contributed by atoms with Crippen LogP contribution < -0.4 is 0 Å². The maximum Gasteiger partial charge on any atom is 0.104 e. The van der Waals surface area contributed by atoms with Gasteiger partial charge < -0.3 is 5.11 Å². The van der Waals surface area contributed by atoms with Crippen LogP contribution in [-0.4, -0.2) is 5.11 Å². The van der Waals surface area contributed by atoms with Gasteiger partial charge in [-0.3, -0.25) is 0 Å². The molecule has 0 aliphatic carbocycles. The topological polar surface area (TPSA) is 20.2 Å². The average Bonchev–Trinajstić information content (AvgIpc) is 2.29. The van der Waals surface area contributed by atoms with E-state index in [0.717, 1.165) is 11.1 Å². The fourth-order valence-corrected chi connectivity index (χ4v) is 2.04. The molecule has 82 valence electrons. The Morgan fingerprint density at radius 3 is 2.31 bits per heavy atom. The lowest BCUT2D eigenvalue weighted by Gasteiger charge is -2.12. The Morgan fingerprint density at radius 1 is 1.00 bits per heavy atom. The molecular formula is C14H13IO. The van der Waals surface area contributed by atoms with E-state index in [2.05, 4.69) is 22.6 Å². The van der Waals surface area contributed by atoms with E-state index in [1.807, 2.05) is 55.5 Å². The fourth-order valence-electron chi connectivity index (χ4n) is 1.68. The smallest absolute Gasteiger partial charge is 0.104 e. The quantitative estimate of drug-likeness (QED) is 0.836. The summed E-state index contributed by atoms with van der Waals surface area (Å²) in [6, 6.07) is 15.9. The Hall–Kier alpha value is -0.870. The van der Waals surface area contributed by atoms with E-state index in [-0.39, 0.29) is 0 Å². The van der Waals surface area contributed by atoms with Crippen LogP contribution in [0.4, 0.5) is 0 Å². The molecule has 0 saturated carbocycles. The third kappa shape index (κ3) is 2.62. The van der Waals surface area contributed by atoms with Gasteiger partial charge in [-0.05, 0) is 52.8 Å². The molecule has 0 fully saturated rings. The van der Waals surface area contributed by atoms with Gasteiger partial charge in [0, 0.05) is 3.57 Å². The summed E-state index contributed by atoms with van der Waals surface area (Å²) in [5.74, 6) is 0. The first-order chi connectivity index (χ1) is 7.66. The van der Waals surface area contributed by atoms with Crippen molar-refractivity contribution in [1.82, 2.24) is 0 Å². The molecule has 0 aromatic heterocycles. The standard InChI is InChI=1S/C14H13IO/c1-10-3-2-4-12(9-10)14(16)11-5-7-13(15)8-6-11/h2-9,14,16H,1H3. The van der Waals surface area contributed by atoms with Gasteiger partial charge in [0.2, 0.25) is 0 Å². The number of aliphatic hydroxyl groups excluding tert-OH is 1. The van der Waals surface area contributed by atoms with Gasteiger partial charge in [0.05, 0.1) is 0 Å². The molecule has 0 heterocycles. The molecule has 0 saturated heterocycles. The Kier molecular flexibility index (Phi) is 3.61. The first-order valence-corrected chi connectivity index (χ1v) is 6.25. The molecule has 1 atom stereocenters. The van der Waals surface area contributed by atoms with Crippen molar-refractivity contribution in [2.24, 2.45) is 0 Å². The number of hydrogen-bond donors (Lipinski definition) is 1. The zero-order chi connectivity index (χ0) is 11.5. The molecule has 0 amide bonds. The number of aliphatic hydroxyl groups is 1. The van der Waals surface area contributed by atoms with Gasteiger partial charge in [0.25, 0.3) is 0 Å². The van der Waals surface area contributed by atoms with E-state index in [1.54, 1.807) is 0 Å². The van der Waals surface area contributed by atoms with Crippen LogP contribution in [-0.2, 0) is 0 Å². The molecular weight excluding hydrogens is 311 g/mol. The predicted octanol–water partition coefficient (Wildman–Crippen LogP) is 3.68. The van der Waals surface area contributed by atoms with Crippen molar-refractivity contribution < 1.29 is 5.11 Å². The largest absolute Gasteiger partial charge is 0.384 e. The molecule has 2 aromatic rings. The predicted molar refractivity (Wildman–Crippen MR) is 74.4 cm³/mol. The number of rotatable bonds is 2. The number of benzene rings is 2. The molecule has 2 rings (SSSR count). The van der Waals surface area contributed by atoms with Crippen molar-refractivity contribution in [1.29, 1.82) is 0 Å². The molecule has 1 nitrogen and oxygen atoms in total. The Morgan fingerprint density at radius 2 is 1.69 bits per heavy atom. The Balaban J connectivity index is 2.31. The van der Waals surface area contributed by atoms with Crippen LogP contribution in [0, 0.1) is 10.5 Å². The minimum absolute atomic E-state index is 0.531. The lowest BCUT2D eigenvalue weighted by atomic mass is 10.0. The summed E-state index contributed by atoms with van der Waals surface area (Å²) < 4.78 is 1.18. The molecule has 0 spiro atoms. The van der Waals surface area contributed by atoms with E-state index in [4.69, 9.17) is 0 Å².